The normalized spacial score (nSPS) is 17.9. The molecule has 45 heavy (non-hydrogen) atoms. The Hall–Kier alpha value is -4.24. The van der Waals surface area contributed by atoms with Crippen LogP contribution in [-0.4, -0.2) is 6.71 Å². The molecule has 0 unspecified atom stereocenters. The molecule has 0 amide bonds. The molecule has 2 saturated carbocycles. The highest BCUT2D eigenvalue weighted by Gasteiger charge is 2.44. The van der Waals surface area contributed by atoms with E-state index in [0.717, 1.165) is 0 Å². The third-order valence-corrected chi connectivity index (χ3v) is 11.2. The lowest BCUT2D eigenvalue weighted by Crippen LogP contribution is -2.61. The molecule has 0 aromatic heterocycles. The van der Waals surface area contributed by atoms with E-state index in [-0.39, 0.29) is 6.71 Å². The van der Waals surface area contributed by atoms with E-state index in [4.69, 9.17) is 0 Å². The predicted molar refractivity (Wildman–Crippen MR) is 192 cm³/mol. The third kappa shape index (κ3) is 4.54. The van der Waals surface area contributed by atoms with Crippen molar-refractivity contribution in [3.63, 3.8) is 0 Å². The van der Waals surface area contributed by atoms with Gasteiger partial charge < -0.3 is 9.80 Å². The Morgan fingerprint density at radius 1 is 0.422 bits per heavy atom. The number of hydrogen-bond donors (Lipinski definition) is 0. The van der Waals surface area contributed by atoms with Gasteiger partial charge in [-0.05, 0) is 114 Å². The summed E-state index contributed by atoms with van der Waals surface area (Å²) >= 11 is 0. The van der Waals surface area contributed by atoms with E-state index in [0.29, 0.717) is 11.8 Å². The summed E-state index contributed by atoms with van der Waals surface area (Å²) in [6.07, 6.45) is 13.3. The van der Waals surface area contributed by atoms with E-state index in [2.05, 4.69) is 125 Å². The van der Waals surface area contributed by atoms with Crippen molar-refractivity contribution in [3.8, 4) is 0 Å². The number of para-hydroxylation sites is 3. The van der Waals surface area contributed by atoms with Crippen LogP contribution in [0.4, 0.5) is 34.1 Å². The molecule has 2 nitrogen and oxygen atoms in total. The van der Waals surface area contributed by atoms with Crippen molar-refractivity contribution in [1.29, 1.82) is 0 Å². The fourth-order valence-electron chi connectivity index (χ4n) is 9.05. The van der Waals surface area contributed by atoms with Gasteiger partial charge in [-0.1, -0.05) is 105 Å². The second-order valence-electron chi connectivity index (χ2n) is 13.8. The van der Waals surface area contributed by atoms with Gasteiger partial charge in [0.1, 0.15) is 0 Å². The van der Waals surface area contributed by atoms with Gasteiger partial charge in [0.15, 0.2) is 0 Å². The molecular weight excluding hydrogens is 543 g/mol. The van der Waals surface area contributed by atoms with E-state index in [1.54, 1.807) is 0 Å². The maximum atomic E-state index is 2.63. The molecule has 5 aromatic rings. The fraction of sp³-hybridized carbons (Fsp3) is 0.286. The van der Waals surface area contributed by atoms with Gasteiger partial charge in [-0.2, -0.15) is 0 Å². The minimum absolute atomic E-state index is 0.196. The lowest BCUT2D eigenvalue weighted by Gasteiger charge is -2.45. The maximum absolute atomic E-state index is 2.63. The highest BCUT2D eigenvalue weighted by Crippen LogP contribution is 2.47. The van der Waals surface area contributed by atoms with Crippen molar-refractivity contribution in [1.82, 2.24) is 0 Å². The van der Waals surface area contributed by atoms with Crippen LogP contribution in [-0.2, 0) is 0 Å². The van der Waals surface area contributed by atoms with Gasteiger partial charge in [-0.3, -0.25) is 0 Å². The van der Waals surface area contributed by atoms with Gasteiger partial charge in [0.25, 0.3) is 6.71 Å². The average Bonchev–Trinajstić information content (AvgIpc) is 3.12. The number of anilines is 6. The van der Waals surface area contributed by atoms with Crippen molar-refractivity contribution >= 4 is 57.2 Å². The molecule has 0 N–H and O–H groups in total. The van der Waals surface area contributed by atoms with Crippen LogP contribution in [0.25, 0.3) is 0 Å². The van der Waals surface area contributed by atoms with Crippen LogP contribution in [0.2, 0.25) is 0 Å². The Morgan fingerprint density at radius 2 is 0.911 bits per heavy atom. The maximum Gasteiger partial charge on any atom is 0.252 e. The highest BCUT2D eigenvalue weighted by atomic mass is 15.2. The van der Waals surface area contributed by atoms with Crippen molar-refractivity contribution in [2.75, 3.05) is 9.80 Å². The van der Waals surface area contributed by atoms with Crippen LogP contribution in [0.3, 0.4) is 0 Å². The molecule has 5 aromatic carbocycles. The second-order valence-corrected chi connectivity index (χ2v) is 13.8. The number of benzene rings is 5. The lowest BCUT2D eigenvalue weighted by atomic mass is 9.33. The molecule has 2 aliphatic heterocycles. The summed E-state index contributed by atoms with van der Waals surface area (Å²) < 4.78 is 0. The van der Waals surface area contributed by atoms with Crippen LogP contribution >= 0.6 is 0 Å². The average molecular weight is 585 g/mol. The Morgan fingerprint density at radius 3 is 1.53 bits per heavy atom. The first-order valence-corrected chi connectivity index (χ1v) is 17.5. The van der Waals surface area contributed by atoms with Crippen LogP contribution < -0.4 is 26.2 Å². The first-order chi connectivity index (χ1) is 22.3. The van der Waals surface area contributed by atoms with Crippen molar-refractivity contribution in [2.45, 2.75) is 76.0 Å². The number of rotatable bonds is 4. The van der Waals surface area contributed by atoms with Gasteiger partial charge in [0.2, 0.25) is 0 Å². The van der Waals surface area contributed by atoms with Gasteiger partial charge >= 0.3 is 0 Å². The molecule has 4 aliphatic rings. The third-order valence-electron chi connectivity index (χ3n) is 11.2. The van der Waals surface area contributed by atoms with Crippen LogP contribution in [0, 0.1) is 0 Å². The first kappa shape index (κ1) is 27.1. The number of fused-ring (bicyclic) bond motifs is 4. The summed E-state index contributed by atoms with van der Waals surface area (Å²) in [4.78, 5) is 5.18. The first-order valence-electron chi connectivity index (χ1n) is 17.5. The largest absolute Gasteiger partial charge is 0.311 e. The quantitative estimate of drug-likeness (QED) is 0.190. The minimum Gasteiger partial charge on any atom is -0.311 e. The molecule has 0 saturated heterocycles. The van der Waals surface area contributed by atoms with Gasteiger partial charge in [0.05, 0.1) is 0 Å². The van der Waals surface area contributed by atoms with E-state index >= 15 is 0 Å². The van der Waals surface area contributed by atoms with Gasteiger partial charge in [-0.15, -0.1) is 0 Å². The molecule has 2 heterocycles. The summed E-state index contributed by atoms with van der Waals surface area (Å²) in [7, 11) is 0. The molecule has 0 radical (unpaired) electrons. The number of nitrogens with zero attached hydrogens (tertiary/aromatic N) is 2. The Bertz CT molecular complexity index is 1840. The van der Waals surface area contributed by atoms with E-state index in [1.165, 1.54) is 126 Å². The van der Waals surface area contributed by atoms with Crippen molar-refractivity contribution < 1.29 is 0 Å². The van der Waals surface area contributed by atoms with Gasteiger partial charge in [0, 0.05) is 34.1 Å². The smallest absolute Gasteiger partial charge is 0.252 e. The Labute approximate surface area is 268 Å². The molecule has 0 atom stereocenters. The fourth-order valence-corrected chi connectivity index (χ4v) is 9.05. The second kappa shape index (κ2) is 11.3. The molecule has 2 fully saturated rings. The summed E-state index contributed by atoms with van der Waals surface area (Å²) in [5.41, 5.74) is 15.2. The molecule has 222 valence electrons. The molecule has 9 rings (SSSR count). The SMILES string of the molecule is c1ccc(N2c3ccccc3B3c4ccc(C5CCCCC5)cc4N(c4ccccc4)c4cc(C5CCCCC5)cc2c43)cc1. The van der Waals surface area contributed by atoms with Crippen LogP contribution in [0.5, 0.6) is 0 Å². The predicted octanol–water partition coefficient (Wildman–Crippen LogP) is 9.86. The molecule has 0 bridgehead atoms. The zero-order valence-electron chi connectivity index (χ0n) is 26.2. The Kier molecular flexibility index (Phi) is 6.80. The summed E-state index contributed by atoms with van der Waals surface area (Å²) in [6, 6.07) is 44.1. The van der Waals surface area contributed by atoms with E-state index in [9.17, 15) is 0 Å². The van der Waals surface area contributed by atoms with Crippen molar-refractivity contribution in [3.05, 3.63) is 126 Å². The zero-order valence-corrected chi connectivity index (χ0v) is 26.2. The lowest BCUT2D eigenvalue weighted by molar-refractivity contribution is 0.443. The molecule has 2 aliphatic carbocycles. The monoisotopic (exact) mass is 584 g/mol. The van der Waals surface area contributed by atoms with Crippen molar-refractivity contribution in [2.24, 2.45) is 0 Å². The number of hydrogen-bond acceptors (Lipinski definition) is 2. The molecular formula is C42H41BN2. The minimum atomic E-state index is 0.196. The van der Waals surface area contributed by atoms with E-state index in [1.807, 2.05) is 0 Å². The highest BCUT2D eigenvalue weighted by molar-refractivity contribution is 7.00. The topological polar surface area (TPSA) is 6.48 Å². The Balaban J connectivity index is 1.34. The zero-order chi connectivity index (χ0) is 29.7. The van der Waals surface area contributed by atoms with Crippen LogP contribution in [0.1, 0.15) is 87.2 Å². The van der Waals surface area contributed by atoms with Gasteiger partial charge in [-0.25, -0.2) is 0 Å². The molecule has 3 heteroatoms. The summed E-state index contributed by atoms with van der Waals surface area (Å²) in [6.45, 7) is 0.196. The standard InChI is InChI=1S/C42H41BN2/c1-5-15-30(16-6-1)32-25-26-37-39(27-32)45(35-21-11-4-12-22-35)41-29-33(31-17-7-2-8-18-31)28-40-42(41)43(37)36-23-13-14-24-38(36)44(40)34-19-9-3-10-20-34/h3-4,9-14,19-31H,1-2,5-8,15-18H2. The summed E-state index contributed by atoms with van der Waals surface area (Å²) in [5.74, 6) is 1.28. The van der Waals surface area contributed by atoms with E-state index < -0.39 is 0 Å². The molecule has 0 spiro atoms. The van der Waals surface area contributed by atoms with Crippen LogP contribution in [0.15, 0.2) is 115 Å². The summed E-state index contributed by atoms with van der Waals surface area (Å²) in [5, 5.41) is 0.